The lowest BCUT2D eigenvalue weighted by Gasteiger charge is -2.10. The molecule has 0 heterocycles. The fraction of sp³-hybridized carbons (Fsp3) is 0.0400. The smallest absolute Gasteiger partial charge is 0.262 e. The van der Waals surface area contributed by atoms with Crippen LogP contribution < -0.4 is 15.4 Å². The third-order valence-electron chi connectivity index (χ3n) is 4.60. The topological polar surface area (TPSA) is 67.4 Å². The molecule has 2 amide bonds. The van der Waals surface area contributed by atoms with Gasteiger partial charge in [-0.1, -0.05) is 48.0 Å². The molecule has 0 atom stereocenters. The summed E-state index contributed by atoms with van der Waals surface area (Å²) in [5, 5.41) is 8.23. The molecule has 154 valence electrons. The lowest BCUT2D eigenvalue weighted by Crippen LogP contribution is -2.20. The number of hydrogen-bond acceptors (Lipinski definition) is 3. The van der Waals surface area contributed by atoms with Crippen molar-refractivity contribution in [2.24, 2.45) is 0 Å². The molecule has 5 nitrogen and oxygen atoms in total. The number of halogens is 1. The Morgan fingerprint density at radius 3 is 2.19 bits per heavy atom. The number of benzene rings is 4. The summed E-state index contributed by atoms with van der Waals surface area (Å²) in [4.78, 5) is 24.5. The van der Waals surface area contributed by atoms with Gasteiger partial charge in [0, 0.05) is 22.0 Å². The maximum absolute atomic E-state index is 12.3. The van der Waals surface area contributed by atoms with E-state index in [4.69, 9.17) is 16.3 Å². The predicted octanol–water partition coefficient (Wildman–Crippen LogP) is 5.76. The van der Waals surface area contributed by atoms with Crippen LogP contribution in [-0.2, 0) is 4.79 Å². The molecule has 0 fully saturated rings. The van der Waals surface area contributed by atoms with E-state index in [1.807, 2.05) is 42.5 Å². The molecular weight excluding hydrogens is 412 g/mol. The summed E-state index contributed by atoms with van der Waals surface area (Å²) >= 11 is 5.92. The highest BCUT2D eigenvalue weighted by molar-refractivity contribution is 6.31. The van der Waals surface area contributed by atoms with E-state index in [1.165, 1.54) is 0 Å². The van der Waals surface area contributed by atoms with Gasteiger partial charge in [0.25, 0.3) is 11.8 Å². The Balaban J connectivity index is 1.30. The quantitative estimate of drug-likeness (QED) is 0.408. The van der Waals surface area contributed by atoms with Crippen LogP contribution in [0.5, 0.6) is 5.75 Å². The number of carbonyl (C=O) groups is 2. The van der Waals surface area contributed by atoms with Crippen LogP contribution in [0.2, 0.25) is 5.02 Å². The lowest BCUT2D eigenvalue weighted by atomic mass is 10.1. The van der Waals surface area contributed by atoms with Crippen LogP contribution in [0.1, 0.15) is 10.4 Å². The van der Waals surface area contributed by atoms with Gasteiger partial charge in [0.2, 0.25) is 0 Å². The van der Waals surface area contributed by atoms with Crippen LogP contribution in [0.4, 0.5) is 11.4 Å². The van der Waals surface area contributed by atoms with Gasteiger partial charge < -0.3 is 15.4 Å². The van der Waals surface area contributed by atoms with Gasteiger partial charge in [0.15, 0.2) is 6.61 Å². The van der Waals surface area contributed by atoms with E-state index in [1.54, 1.807) is 48.5 Å². The third kappa shape index (κ3) is 5.41. The summed E-state index contributed by atoms with van der Waals surface area (Å²) in [5.74, 6) is 0.0971. The predicted molar refractivity (Wildman–Crippen MR) is 124 cm³/mol. The van der Waals surface area contributed by atoms with Crippen LogP contribution >= 0.6 is 11.6 Å². The highest BCUT2D eigenvalue weighted by Gasteiger charge is 2.08. The normalized spacial score (nSPS) is 10.5. The van der Waals surface area contributed by atoms with Crippen molar-refractivity contribution in [3.63, 3.8) is 0 Å². The van der Waals surface area contributed by atoms with Crippen molar-refractivity contribution in [1.29, 1.82) is 0 Å². The molecule has 31 heavy (non-hydrogen) atoms. The minimum absolute atomic E-state index is 0.106. The number of fused-ring (bicyclic) bond motifs is 1. The van der Waals surface area contributed by atoms with E-state index in [-0.39, 0.29) is 18.4 Å². The fourth-order valence-corrected chi connectivity index (χ4v) is 3.26. The zero-order chi connectivity index (χ0) is 21.6. The number of hydrogen-bond donors (Lipinski definition) is 2. The molecule has 0 aliphatic heterocycles. The van der Waals surface area contributed by atoms with Crippen molar-refractivity contribution >= 4 is 45.6 Å². The molecule has 0 saturated heterocycles. The standard InChI is InChI=1S/C25H19ClN2O3/c26-20-7-3-6-19(14-20)25(30)28-22-11-9-21(10-12-22)27-24(29)16-31-23-13-8-17-4-1-2-5-18(17)15-23/h1-15H,16H2,(H,27,29)(H,28,30). The van der Waals surface area contributed by atoms with E-state index in [0.717, 1.165) is 10.8 Å². The monoisotopic (exact) mass is 430 g/mol. The molecule has 0 unspecified atom stereocenters. The molecule has 0 radical (unpaired) electrons. The maximum atomic E-state index is 12.3. The van der Waals surface area contributed by atoms with Crippen molar-refractivity contribution in [3.8, 4) is 5.75 Å². The molecule has 6 heteroatoms. The van der Waals surface area contributed by atoms with Gasteiger partial charge in [-0.15, -0.1) is 0 Å². The fourth-order valence-electron chi connectivity index (χ4n) is 3.07. The number of nitrogens with one attached hydrogen (secondary N) is 2. The van der Waals surface area contributed by atoms with Gasteiger partial charge in [-0.25, -0.2) is 0 Å². The van der Waals surface area contributed by atoms with E-state index in [9.17, 15) is 9.59 Å². The Hall–Kier alpha value is -3.83. The Morgan fingerprint density at radius 2 is 1.45 bits per heavy atom. The minimum Gasteiger partial charge on any atom is -0.484 e. The molecule has 4 rings (SSSR count). The average Bonchev–Trinajstić information content (AvgIpc) is 2.79. The molecule has 2 N–H and O–H groups in total. The van der Waals surface area contributed by atoms with Crippen molar-refractivity contribution in [1.82, 2.24) is 0 Å². The van der Waals surface area contributed by atoms with E-state index >= 15 is 0 Å². The number of ether oxygens (including phenoxy) is 1. The average molecular weight is 431 g/mol. The first kappa shape index (κ1) is 20.4. The van der Waals surface area contributed by atoms with Crippen molar-refractivity contribution in [2.45, 2.75) is 0 Å². The van der Waals surface area contributed by atoms with Gasteiger partial charge in [-0.3, -0.25) is 9.59 Å². The molecule has 4 aromatic rings. The molecular formula is C25H19ClN2O3. The van der Waals surface area contributed by atoms with Gasteiger partial charge in [-0.05, 0) is 65.4 Å². The summed E-state index contributed by atoms with van der Waals surface area (Å²) in [6.45, 7) is -0.106. The van der Waals surface area contributed by atoms with Crippen LogP contribution in [0.15, 0.2) is 91.0 Å². The summed E-state index contributed by atoms with van der Waals surface area (Å²) in [6.07, 6.45) is 0. The number of carbonyl (C=O) groups excluding carboxylic acids is 2. The lowest BCUT2D eigenvalue weighted by molar-refractivity contribution is -0.118. The first-order chi connectivity index (χ1) is 15.1. The molecule has 0 aliphatic rings. The third-order valence-corrected chi connectivity index (χ3v) is 4.84. The Bertz CT molecular complexity index is 1240. The van der Waals surface area contributed by atoms with Crippen molar-refractivity contribution in [3.05, 3.63) is 102 Å². The van der Waals surface area contributed by atoms with E-state index in [0.29, 0.717) is 27.7 Å². The van der Waals surface area contributed by atoms with E-state index < -0.39 is 0 Å². The second-order valence-electron chi connectivity index (χ2n) is 6.89. The highest BCUT2D eigenvalue weighted by Crippen LogP contribution is 2.21. The van der Waals surface area contributed by atoms with E-state index in [2.05, 4.69) is 10.6 Å². The first-order valence-corrected chi connectivity index (χ1v) is 10.0. The summed E-state index contributed by atoms with van der Waals surface area (Å²) in [6, 6.07) is 27.2. The number of amides is 2. The SMILES string of the molecule is O=C(COc1ccc2ccccc2c1)Nc1ccc(NC(=O)c2cccc(Cl)c2)cc1. The first-order valence-electron chi connectivity index (χ1n) is 9.65. The molecule has 0 saturated carbocycles. The zero-order valence-electron chi connectivity index (χ0n) is 16.5. The largest absolute Gasteiger partial charge is 0.484 e. The van der Waals surface area contributed by atoms with Crippen LogP contribution in [0, 0.1) is 0 Å². The second-order valence-corrected chi connectivity index (χ2v) is 7.32. The summed E-state index contributed by atoms with van der Waals surface area (Å²) in [5.41, 5.74) is 1.68. The van der Waals surface area contributed by atoms with Gasteiger partial charge in [0.05, 0.1) is 0 Å². The van der Waals surface area contributed by atoms with Gasteiger partial charge in [0.1, 0.15) is 5.75 Å². The Kier molecular flexibility index (Phi) is 6.15. The van der Waals surface area contributed by atoms with Crippen LogP contribution in [0.3, 0.4) is 0 Å². The van der Waals surface area contributed by atoms with Crippen LogP contribution in [0.25, 0.3) is 10.8 Å². The van der Waals surface area contributed by atoms with Gasteiger partial charge in [-0.2, -0.15) is 0 Å². The Morgan fingerprint density at radius 1 is 0.742 bits per heavy atom. The Labute approximate surface area is 184 Å². The maximum Gasteiger partial charge on any atom is 0.262 e. The number of anilines is 2. The summed E-state index contributed by atoms with van der Waals surface area (Å²) in [7, 11) is 0. The molecule has 0 aliphatic carbocycles. The van der Waals surface area contributed by atoms with Crippen LogP contribution in [-0.4, -0.2) is 18.4 Å². The molecule has 0 aromatic heterocycles. The van der Waals surface area contributed by atoms with Crippen molar-refractivity contribution in [2.75, 3.05) is 17.2 Å². The minimum atomic E-state index is -0.274. The zero-order valence-corrected chi connectivity index (χ0v) is 17.2. The molecule has 0 bridgehead atoms. The highest BCUT2D eigenvalue weighted by atomic mass is 35.5. The number of rotatable bonds is 6. The molecule has 0 spiro atoms. The van der Waals surface area contributed by atoms with Gasteiger partial charge >= 0.3 is 0 Å². The summed E-state index contributed by atoms with van der Waals surface area (Å²) < 4.78 is 5.60. The molecule has 4 aromatic carbocycles. The second kappa shape index (κ2) is 9.32. The van der Waals surface area contributed by atoms with Crippen molar-refractivity contribution < 1.29 is 14.3 Å².